The van der Waals surface area contributed by atoms with Crippen LogP contribution in [0.4, 0.5) is 0 Å². The van der Waals surface area contributed by atoms with Crippen LogP contribution in [0.2, 0.25) is 0 Å². The van der Waals surface area contributed by atoms with Gasteiger partial charge in [0.25, 0.3) is 0 Å². The second-order valence-electron chi connectivity index (χ2n) is 8.48. The molecule has 0 aliphatic carbocycles. The normalized spacial score (nSPS) is 18.8. The number of carbonyl (C=O) groups is 1. The van der Waals surface area contributed by atoms with E-state index in [9.17, 15) is 4.79 Å². The number of ether oxygens (including phenoxy) is 1. The van der Waals surface area contributed by atoms with E-state index in [1.807, 2.05) is 0 Å². The molecule has 0 bridgehead atoms. The molecule has 2 nitrogen and oxygen atoms in total. The number of esters is 1. The Bertz CT molecular complexity index is 745. The number of hydrogen-bond donors (Lipinski definition) is 0. The second kappa shape index (κ2) is 11.2. The molecule has 1 fully saturated rings. The molecule has 0 spiro atoms. The van der Waals surface area contributed by atoms with E-state index < -0.39 is 0 Å². The Labute approximate surface area is 176 Å². The van der Waals surface area contributed by atoms with E-state index in [4.69, 9.17) is 4.74 Å². The maximum absolute atomic E-state index is 12.3. The van der Waals surface area contributed by atoms with E-state index in [0.29, 0.717) is 0 Å². The van der Waals surface area contributed by atoms with Crippen LogP contribution in [-0.4, -0.2) is 5.97 Å². The van der Waals surface area contributed by atoms with Gasteiger partial charge in [-0.15, -0.1) is 0 Å². The zero-order valence-electron chi connectivity index (χ0n) is 18.2. The molecule has 1 aliphatic heterocycles. The number of unbranched alkanes of at least 4 members (excludes halogenated alkanes) is 5. The van der Waals surface area contributed by atoms with E-state index in [2.05, 4.69) is 62.4 Å². The van der Waals surface area contributed by atoms with E-state index in [1.54, 1.807) is 0 Å². The predicted molar refractivity (Wildman–Crippen MR) is 121 cm³/mol. The number of aryl methyl sites for hydroxylation is 1. The molecular formula is C27H36O2. The minimum absolute atomic E-state index is 0.00256. The van der Waals surface area contributed by atoms with Crippen molar-refractivity contribution < 1.29 is 9.53 Å². The number of hydrogen-bond acceptors (Lipinski definition) is 2. The topological polar surface area (TPSA) is 26.3 Å². The predicted octanol–water partition coefficient (Wildman–Crippen LogP) is 7.66. The molecular weight excluding hydrogens is 356 g/mol. The summed E-state index contributed by atoms with van der Waals surface area (Å²) < 4.78 is 5.70. The fourth-order valence-electron chi connectivity index (χ4n) is 4.21. The second-order valence-corrected chi connectivity index (χ2v) is 8.48. The largest absolute Gasteiger partial charge is 0.457 e. The van der Waals surface area contributed by atoms with Crippen molar-refractivity contribution in [3.05, 3.63) is 59.7 Å². The summed E-state index contributed by atoms with van der Waals surface area (Å²) in [6.07, 6.45) is 11.6. The van der Waals surface area contributed by atoms with Crippen LogP contribution >= 0.6 is 0 Å². The third-order valence-electron chi connectivity index (χ3n) is 6.14. The Kier molecular flexibility index (Phi) is 8.34. The molecule has 29 heavy (non-hydrogen) atoms. The number of cyclic esters (lactones) is 1. The summed E-state index contributed by atoms with van der Waals surface area (Å²) in [6.45, 7) is 4.46. The van der Waals surface area contributed by atoms with Crippen LogP contribution in [0.25, 0.3) is 11.1 Å². The van der Waals surface area contributed by atoms with E-state index in [0.717, 1.165) is 31.2 Å². The Morgan fingerprint density at radius 2 is 1.41 bits per heavy atom. The van der Waals surface area contributed by atoms with Gasteiger partial charge < -0.3 is 4.74 Å². The molecule has 3 rings (SSSR count). The summed E-state index contributed by atoms with van der Waals surface area (Å²) in [6, 6.07) is 17.5. The van der Waals surface area contributed by atoms with Crippen LogP contribution in [0.5, 0.6) is 0 Å². The Hall–Kier alpha value is -2.09. The number of carbonyl (C=O) groups excluding carboxylic acids is 1. The third kappa shape index (κ3) is 6.19. The zero-order valence-corrected chi connectivity index (χ0v) is 18.2. The van der Waals surface area contributed by atoms with Gasteiger partial charge in [0.1, 0.15) is 6.10 Å². The third-order valence-corrected chi connectivity index (χ3v) is 6.14. The van der Waals surface area contributed by atoms with Crippen LogP contribution in [0.1, 0.15) is 88.9 Å². The van der Waals surface area contributed by atoms with Gasteiger partial charge in [-0.3, -0.25) is 4.79 Å². The van der Waals surface area contributed by atoms with Crippen LogP contribution < -0.4 is 0 Å². The molecule has 0 aromatic heterocycles. The molecule has 1 heterocycles. The first kappa shape index (κ1) is 21.6. The van der Waals surface area contributed by atoms with E-state index in [1.165, 1.54) is 55.2 Å². The van der Waals surface area contributed by atoms with Crippen molar-refractivity contribution in [2.45, 2.75) is 84.2 Å². The zero-order chi connectivity index (χ0) is 20.5. The van der Waals surface area contributed by atoms with Crippen molar-refractivity contribution in [2.24, 2.45) is 5.92 Å². The van der Waals surface area contributed by atoms with Crippen LogP contribution in [0.15, 0.2) is 48.5 Å². The van der Waals surface area contributed by atoms with Gasteiger partial charge >= 0.3 is 5.97 Å². The lowest BCUT2D eigenvalue weighted by atomic mass is 9.94. The molecule has 0 radical (unpaired) electrons. The summed E-state index contributed by atoms with van der Waals surface area (Å²) in [5.74, 6) is 0.0780. The maximum atomic E-state index is 12.3. The Morgan fingerprint density at radius 1 is 0.793 bits per heavy atom. The van der Waals surface area contributed by atoms with Crippen molar-refractivity contribution in [1.29, 1.82) is 0 Å². The summed E-state index contributed by atoms with van der Waals surface area (Å²) in [4.78, 5) is 12.3. The summed E-state index contributed by atoms with van der Waals surface area (Å²) in [7, 11) is 0. The van der Waals surface area contributed by atoms with Crippen molar-refractivity contribution >= 4 is 5.97 Å². The lowest BCUT2D eigenvalue weighted by Gasteiger charge is -2.11. The van der Waals surface area contributed by atoms with Gasteiger partial charge in [0.2, 0.25) is 0 Å². The van der Waals surface area contributed by atoms with Gasteiger partial charge in [-0.05, 0) is 41.5 Å². The molecule has 1 aliphatic rings. The Morgan fingerprint density at radius 3 is 2.07 bits per heavy atom. The van der Waals surface area contributed by atoms with Crippen LogP contribution in [0, 0.1) is 5.92 Å². The molecule has 2 aromatic carbocycles. The quantitative estimate of drug-likeness (QED) is 0.290. The van der Waals surface area contributed by atoms with Crippen LogP contribution in [0.3, 0.4) is 0 Å². The molecule has 0 amide bonds. The van der Waals surface area contributed by atoms with Gasteiger partial charge in [0.15, 0.2) is 0 Å². The van der Waals surface area contributed by atoms with Gasteiger partial charge in [0.05, 0.1) is 5.92 Å². The smallest absolute Gasteiger partial charge is 0.309 e. The molecule has 156 valence electrons. The first-order valence-electron chi connectivity index (χ1n) is 11.6. The lowest BCUT2D eigenvalue weighted by Crippen LogP contribution is -2.06. The average Bonchev–Trinajstić information content (AvgIpc) is 3.13. The Balaban J connectivity index is 1.54. The monoisotopic (exact) mass is 392 g/mol. The lowest BCUT2D eigenvalue weighted by molar-refractivity contribution is -0.144. The highest BCUT2D eigenvalue weighted by molar-refractivity contribution is 5.75. The van der Waals surface area contributed by atoms with Crippen molar-refractivity contribution in [1.82, 2.24) is 0 Å². The van der Waals surface area contributed by atoms with Crippen molar-refractivity contribution in [3.63, 3.8) is 0 Å². The first-order chi connectivity index (χ1) is 14.2. The highest BCUT2D eigenvalue weighted by atomic mass is 16.5. The standard InChI is InChI=1S/C27H36O2/c1-3-5-7-8-9-11-25-20-26(29-27(25)28)24-18-16-23(17-19-24)22-14-12-21(13-15-22)10-6-4-2/h12-19,25-26H,3-11,20H2,1-2H3. The van der Waals surface area contributed by atoms with Crippen molar-refractivity contribution in [3.8, 4) is 11.1 Å². The van der Waals surface area contributed by atoms with E-state index in [-0.39, 0.29) is 18.0 Å². The van der Waals surface area contributed by atoms with Gasteiger partial charge in [-0.2, -0.15) is 0 Å². The molecule has 2 aromatic rings. The summed E-state index contributed by atoms with van der Waals surface area (Å²) in [5, 5.41) is 0. The molecule has 0 saturated carbocycles. The average molecular weight is 393 g/mol. The highest BCUT2D eigenvalue weighted by Crippen LogP contribution is 2.36. The van der Waals surface area contributed by atoms with Gasteiger partial charge in [-0.25, -0.2) is 0 Å². The van der Waals surface area contributed by atoms with E-state index >= 15 is 0 Å². The highest BCUT2D eigenvalue weighted by Gasteiger charge is 2.34. The van der Waals surface area contributed by atoms with Crippen molar-refractivity contribution in [2.75, 3.05) is 0 Å². The molecule has 2 unspecified atom stereocenters. The summed E-state index contributed by atoms with van der Waals surface area (Å²) >= 11 is 0. The van der Waals surface area contributed by atoms with Gasteiger partial charge in [0, 0.05) is 6.42 Å². The fraction of sp³-hybridized carbons (Fsp3) is 0.519. The molecule has 0 N–H and O–H groups in total. The summed E-state index contributed by atoms with van der Waals surface area (Å²) in [5.41, 5.74) is 4.98. The molecule has 1 saturated heterocycles. The SMILES string of the molecule is CCCCCCCC1CC(c2ccc(-c3ccc(CCCC)cc3)cc2)OC1=O. The van der Waals surface area contributed by atoms with Gasteiger partial charge in [-0.1, -0.05) is 101 Å². The fourth-order valence-corrected chi connectivity index (χ4v) is 4.21. The minimum atomic E-state index is -0.0754. The van der Waals surface area contributed by atoms with Crippen LogP contribution in [-0.2, 0) is 16.0 Å². The number of rotatable bonds is 11. The first-order valence-corrected chi connectivity index (χ1v) is 11.6. The number of benzene rings is 2. The maximum Gasteiger partial charge on any atom is 0.309 e. The molecule has 2 atom stereocenters. The minimum Gasteiger partial charge on any atom is -0.457 e. The molecule has 2 heteroatoms.